The van der Waals surface area contributed by atoms with E-state index < -0.39 is 49.4 Å². The molecule has 122 valence electrons. The van der Waals surface area contributed by atoms with Crippen LogP contribution in [-0.4, -0.2) is 57.1 Å². The lowest BCUT2D eigenvalue weighted by Gasteiger charge is -2.13. The highest BCUT2D eigenvalue weighted by molar-refractivity contribution is 5.87. The van der Waals surface area contributed by atoms with Gasteiger partial charge in [0, 0.05) is 6.61 Å². The fourth-order valence-electron chi connectivity index (χ4n) is 1.58. The van der Waals surface area contributed by atoms with Crippen molar-refractivity contribution in [3.05, 3.63) is 0 Å². The molecule has 0 aromatic rings. The summed E-state index contributed by atoms with van der Waals surface area (Å²) in [6.45, 7) is -0.0234. The summed E-state index contributed by atoms with van der Waals surface area (Å²) < 4.78 is 4.35. The van der Waals surface area contributed by atoms with Gasteiger partial charge in [-0.25, -0.2) is 0 Å². The van der Waals surface area contributed by atoms with Gasteiger partial charge in [-0.1, -0.05) is 0 Å². The molecular formula is C13H22O8. The topological polar surface area (TPSA) is 141 Å². The summed E-state index contributed by atoms with van der Waals surface area (Å²) in [7, 11) is 0. The third-order valence-corrected chi connectivity index (χ3v) is 2.70. The first-order chi connectivity index (χ1) is 9.85. The van der Waals surface area contributed by atoms with Crippen LogP contribution in [0.15, 0.2) is 0 Å². The van der Waals surface area contributed by atoms with Crippen LogP contribution in [0, 0.1) is 0 Å². The van der Waals surface area contributed by atoms with E-state index in [1.54, 1.807) is 0 Å². The van der Waals surface area contributed by atoms with Crippen LogP contribution in [0.2, 0.25) is 0 Å². The van der Waals surface area contributed by atoms with Gasteiger partial charge in [-0.15, -0.1) is 0 Å². The Hall–Kier alpha value is -1.51. The second-order valence-corrected chi connectivity index (χ2v) is 4.69. The van der Waals surface area contributed by atoms with E-state index in [1.807, 2.05) is 0 Å². The highest BCUT2D eigenvalue weighted by atomic mass is 16.6. The van der Waals surface area contributed by atoms with Crippen molar-refractivity contribution >= 4 is 17.9 Å². The van der Waals surface area contributed by atoms with E-state index in [1.165, 1.54) is 0 Å². The minimum Gasteiger partial charge on any atom is -0.481 e. The zero-order valence-electron chi connectivity index (χ0n) is 11.7. The van der Waals surface area contributed by atoms with E-state index in [4.69, 9.17) is 10.2 Å². The van der Waals surface area contributed by atoms with E-state index in [2.05, 4.69) is 4.74 Å². The predicted octanol–water partition coefficient (Wildman–Crippen LogP) is -0.414. The molecule has 0 aliphatic heterocycles. The first kappa shape index (κ1) is 19.5. The van der Waals surface area contributed by atoms with Crippen molar-refractivity contribution in [2.75, 3.05) is 6.61 Å². The molecule has 0 aromatic carbocycles. The van der Waals surface area contributed by atoms with Crippen LogP contribution in [0.5, 0.6) is 0 Å². The maximum absolute atomic E-state index is 11.3. The van der Waals surface area contributed by atoms with Crippen molar-refractivity contribution in [1.29, 1.82) is 0 Å². The molecule has 21 heavy (non-hydrogen) atoms. The van der Waals surface area contributed by atoms with Crippen LogP contribution in [0.3, 0.4) is 0 Å². The number of ether oxygens (including phenoxy) is 1. The van der Waals surface area contributed by atoms with Crippen LogP contribution in [0.4, 0.5) is 0 Å². The lowest BCUT2D eigenvalue weighted by molar-refractivity contribution is -0.162. The molecule has 8 nitrogen and oxygen atoms in total. The molecular weight excluding hydrogens is 284 g/mol. The van der Waals surface area contributed by atoms with Gasteiger partial charge in [-0.05, 0) is 25.7 Å². The fourth-order valence-corrected chi connectivity index (χ4v) is 1.58. The minimum absolute atomic E-state index is 0.0234. The fraction of sp³-hybridized carbons (Fsp3) is 0.769. The number of aliphatic carboxylic acids is 1. The summed E-state index contributed by atoms with van der Waals surface area (Å²) in [5.74, 6) is -3.04. The van der Waals surface area contributed by atoms with Crippen LogP contribution in [0.25, 0.3) is 0 Å². The Morgan fingerprint density at radius 3 is 2.10 bits per heavy atom. The van der Waals surface area contributed by atoms with Crippen molar-refractivity contribution in [1.82, 2.24) is 0 Å². The Labute approximate surface area is 122 Å². The number of carbonyl (C=O) groups excluding carboxylic acids is 2. The van der Waals surface area contributed by atoms with Gasteiger partial charge in [0.2, 0.25) is 0 Å². The lowest BCUT2D eigenvalue weighted by atomic mass is 10.0. The molecule has 0 saturated carbocycles. The lowest BCUT2D eigenvalue weighted by Crippen LogP contribution is -2.21. The second kappa shape index (κ2) is 11.2. The monoisotopic (exact) mass is 306 g/mol. The number of carboxylic acids is 1. The van der Waals surface area contributed by atoms with Crippen LogP contribution in [0.1, 0.15) is 44.9 Å². The highest BCUT2D eigenvalue weighted by Gasteiger charge is 2.17. The van der Waals surface area contributed by atoms with Gasteiger partial charge in [0.1, 0.15) is 0 Å². The molecule has 0 aliphatic carbocycles. The number of aliphatic hydroxyl groups is 3. The Bertz CT molecular complexity index is 341. The van der Waals surface area contributed by atoms with E-state index in [0.29, 0.717) is 12.8 Å². The maximum atomic E-state index is 11.3. The van der Waals surface area contributed by atoms with Gasteiger partial charge in [-0.2, -0.15) is 0 Å². The Morgan fingerprint density at radius 1 is 0.905 bits per heavy atom. The SMILES string of the molecule is O=C(O)CCC(=O)OC(=O)CC(O)CCC(O)CCCO. The molecule has 2 unspecified atom stereocenters. The number of rotatable bonds is 11. The Kier molecular flexibility index (Phi) is 10.4. The normalized spacial score (nSPS) is 13.5. The Morgan fingerprint density at radius 2 is 1.52 bits per heavy atom. The van der Waals surface area contributed by atoms with Gasteiger partial charge >= 0.3 is 17.9 Å². The molecule has 0 heterocycles. The van der Waals surface area contributed by atoms with E-state index in [9.17, 15) is 24.6 Å². The first-order valence-electron chi connectivity index (χ1n) is 6.77. The summed E-state index contributed by atoms with van der Waals surface area (Å²) in [5, 5.41) is 36.0. The molecule has 0 aromatic heterocycles. The minimum atomic E-state index is -1.17. The number of carbonyl (C=O) groups is 3. The number of carboxylic acid groups (broad SMARTS) is 1. The number of aliphatic hydroxyl groups excluding tert-OH is 3. The summed E-state index contributed by atoms with van der Waals surface area (Å²) in [6, 6.07) is 0. The first-order valence-corrected chi connectivity index (χ1v) is 6.77. The molecule has 0 spiro atoms. The summed E-state index contributed by atoms with van der Waals surface area (Å²) in [5.41, 5.74) is 0. The third-order valence-electron chi connectivity index (χ3n) is 2.70. The van der Waals surface area contributed by atoms with Crippen molar-refractivity contribution in [3.63, 3.8) is 0 Å². The quantitative estimate of drug-likeness (QED) is 0.298. The molecule has 0 aliphatic rings. The van der Waals surface area contributed by atoms with Crippen molar-refractivity contribution in [2.24, 2.45) is 0 Å². The molecule has 8 heteroatoms. The van der Waals surface area contributed by atoms with Crippen LogP contribution >= 0.6 is 0 Å². The smallest absolute Gasteiger partial charge is 0.316 e. The maximum Gasteiger partial charge on any atom is 0.316 e. The second-order valence-electron chi connectivity index (χ2n) is 4.69. The molecule has 2 atom stereocenters. The zero-order valence-corrected chi connectivity index (χ0v) is 11.7. The molecule has 0 bridgehead atoms. The zero-order chi connectivity index (χ0) is 16.3. The van der Waals surface area contributed by atoms with Crippen molar-refractivity contribution in [2.45, 2.75) is 57.2 Å². The van der Waals surface area contributed by atoms with Gasteiger partial charge in [0.05, 0.1) is 31.5 Å². The van der Waals surface area contributed by atoms with Crippen LogP contribution in [-0.2, 0) is 19.1 Å². The van der Waals surface area contributed by atoms with E-state index in [-0.39, 0.29) is 19.4 Å². The van der Waals surface area contributed by atoms with Gasteiger partial charge < -0.3 is 25.2 Å². The Balaban J connectivity index is 3.83. The summed E-state index contributed by atoms with van der Waals surface area (Å²) in [4.78, 5) is 32.6. The van der Waals surface area contributed by atoms with Crippen molar-refractivity contribution < 1.29 is 39.5 Å². The van der Waals surface area contributed by atoms with Crippen molar-refractivity contribution in [3.8, 4) is 0 Å². The van der Waals surface area contributed by atoms with Gasteiger partial charge in [-0.3, -0.25) is 14.4 Å². The number of hydrogen-bond donors (Lipinski definition) is 4. The molecule has 4 N–H and O–H groups in total. The van der Waals surface area contributed by atoms with Gasteiger partial charge in [0.25, 0.3) is 0 Å². The molecule has 0 saturated heterocycles. The molecule has 0 rings (SSSR count). The number of hydrogen-bond acceptors (Lipinski definition) is 7. The van der Waals surface area contributed by atoms with Crippen LogP contribution < -0.4 is 0 Å². The molecule has 0 fully saturated rings. The highest BCUT2D eigenvalue weighted by Crippen LogP contribution is 2.10. The number of esters is 2. The summed E-state index contributed by atoms with van der Waals surface area (Å²) in [6.07, 6.45) is -1.66. The average molecular weight is 306 g/mol. The van der Waals surface area contributed by atoms with E-state index >= 15 is 0 Å². The standard InChI is InChI=1S/C13H22O8/c14-7-1-2-9(15)3-4-10(16)8-13(20)21-12(19)6-5-11(17)18/h9-10,14-16H,1-8H2,(H,17,18). The third kappa shape index (κ3) is 12.0. The molecule has 0 amide bonds. The van der Waals surface area contributed by atoms with Gasteiger partial charge in [0.15, 0.2) is 0 Å². The molecule has 0 radical (unpaired) electrons. The predicted molar refractivity (Wildman–Crippen MR) is 70.2 cm³/mol. The largest absolute Gasteiger partial charge is 0.481 e. The summed E-state index contributed by atoms with van der Waals surface area (Å²) >= 11 is 0. The van der Waals surface area contributed by atoms with E-state index in [0.717, 1.165) is 0 Å². The average Bonchev–Trinajstić information content (AvgIpc) is 2.40.